The molecule has 3 aromatic heterocycles. The highest BCUT2D eigenvalue weighted by Crippen LogP contribution is 2.28. The predicted molar refractivity (Wildman–Crippen MR) is 114 cm³/mol. The van der Waals surface area contributed by atoms with Crippen LogP contribution in [0.5, 0.6) is 0 Å². The molecule has 9 heteroatoms. The van der Waals surface area contributed by atoms with E-state index < -0.39 is 0 Å². The molecule has 0 bridgehead atoms. The fourth-order valence-electron chi connectivity index (χ4n) is 3.25. The van der Waals surface area contributed by atoms with Crippen LogP contribution in [0.3, 0.4) is 0 Å². The van der Waals surface area contributed by atoms with Crippen LogP contribution >= 0.6 is 22.7 Å². The van der Waals surface area contributed by atoms with Gasteiger partial charge in [0.1, 0.15) is 16.5 Å². The predicted octanol–water partition coefficient (Wildman–Crippen LogP) is 2.90. The number of hydrogen-bond acceptors (Lipinski definition) is 8. The van der Waals surface area contributed by atoms with Gasteiger partial charge in [0.15, 0.2) is 5.82 Å². The molecule has 4 rings (SSSR count). The van der Waals surface area contributed by atoms with Crippen LogP contribution in [0.1, 0.15) is 6.42 Å². The molecule has 28 heavy (non-hydrogen) atoms. The molecule has 0 aromatic carbocycles. The lowest BCUT2D eigenvalue weighted by Crippen LogP contribution is -2.35. The maximum Gasteiger partial charge on any atom is 0.239 e. The lowest BCUT2D eigenvalue weighted by Gasteiger charge is -2.20. The fraction of sp³-hybridized carbons (Fsp3) is 0.368. The largest absolute Gasteiger partial charge is 0.309 e. The Morgan fingerprint density at radius 2 is 2.21 bits per heavy atom. The standard InChI is InChI=1S/C19H22N6OS2/c1-24(2)13-5-7-25(11-13)12-17(26)22-16-10-14(19-20-6-9-28-19)21-18(23-16)15-4-3-8-27-15/h3-4,6,8-10,13H,5,7,11-12H2,1-2H3,(H,21,22,23,26)/t13-/m0/s1. The van der Waals surface area contributed by atoms with Crippen LogP contribution in [-0.4, -0.2) is 70.4 Å². The summed E-state index contributed by atoms with van der Waals surface area (Å²) in [4.78, 5) is 31.5. The Morgan fingerprint density at radius 3 is 2.89 bits per heavy atom. The van der Waals surface area contributed by atoms with Gasteiger partial charge < -0.3 is 10.2 Å². The SMILES string of the molecule is CN(C)[C@H]1CCN(CC(=O)Nc2cc(-c3nccs3)nc(-c3cccs3)n2)C1. The van der Waals surface area contributed by atoms with Crippen molar-refractivity contribution in [2.24, 2.45) is 0 Å². The van der Waals surface area contributed by atoms with Crippen LogP contribution in [0.25, 0.3) is 21.4 Å². The zero-order valence-electron chi connectivity index (χ0n) is 15.8. The van der Waals surface area contributed by atoms with E-state index in [9.17, 15) is 4.79 Å². The van der Waals surface area contributed by atoms with Crippen molar-refractivity contribution >= 4 is 34.4 Å². The zero-order chi connectivity index (χ0) is 19.5. The molecule has 0 unspecified atom stereocenters. The molecule has 0 aliphatic carbocycles. The molecule has 1 saturated heterocycles. The number of thiazole rings is 1. The van der Waals surface area contributed by atoms with Crippen molar-refractivity contribution in [3.63, 3.8) is 0 Å². The Bertz CT molecular complexity index is 874. The monoisotopic (exact) mass is 414 g/mol. The minimum Gasteiger partial charge on any atom is -0.309 e. The number of amides is 1. The summed E-state index contributed by atoms with van der Waals surface area (Å²) in [6.07, 6.45) is 2.84. The summed E-state index contributed by atoms with van der Waals surface area (Å²) in [6.45, 7) is 2.22. The summed E-state index contributed by atoms with van der Waals surface area (Å²) in [7, 11) is 4.17. The second-order valence-corrected chi connectivity index (χ2v) is 8.81. The summed E-state index contributed by atoms with van der Waals surface area (Å²) in [5, 5.41) is 7.66. The molecular weight excluding hydrogens is 392 g/mol. The number of likely N-dealkylation sites (tertiary alicyclic amines) is 1. The second-order valence-electron chi connectivity index (χ2n) is 6.97. The number of carbonyl (C=O) groups is 1. The van der Waals surface area contributed by atoms with Crippen LogP contribution < -0.4 is 5.32 Å². The van der Waals surface area contributed by atoms with E-state index in [-0.39, 0.29) is 5.91 Å². The molecule has 4 heterocycles. The molecule has 0 saturated carbocycles. The average molecular weight is 415 g/mol. The molecule has 7 nitrogen and oxygen atoms in total. The second kappa shape index (κ2) is 8.44. The molecule has 3 aromatic rings. The van der Waals surface area contributed by atoms with Gasteiger partial charge in [-0.3, -0.25) is 9.69 Å². The van der Waals surface area contributed by atoms with E-state index in [1.165, 1.54) is 11.3 Å². The van der Waals surface area contributed by atoms with Crippen molar-refractivity contribution in [2.45, 2.75) is 12.5 Å². The zero-order valence-corrected chi connectivity index (χ0v) is 17.5. The molecule has 0 radical (unpaired) electrons. The number of aromatic nitrogens is 3. The van der Waals surface area contributed by atoms with Crippen molar-refractivity contribution in [3.8, 4) is 21.4 Å². The van der Waals surface area contributed by atoms with Gasteiger partial charge in [-0.25, -0.2) is 15.0 Å². The summed E-state index contributed by atoms with van der Waals surface area (Å²) < 4.78 is 0. The van der Waals surface area contributed by atoms with E-state index in [0.29, 0.717) is 24.2 Å². The highest BCUT2D eigenvalue weighted by Gasteiger charge is 2.25. The maximum absolute atomic E-state index is 12.6. The number of rotatable bonds is 6. The van der Waals surface area contributed by atoms with E-state index in [1.54, 1.807) is 23.6 Å². The Balaban J connectivity index is 1.51. The van der Waals surface area contributed by atoms with Crippen LogP contribution in [0, 0.1) is 0 Å². The third kappa shape index (κ3) is 4.44. The number of likely N-dealkylation sites (N-methyl/N-ethyl adjacent to an activating group) is 1. The van der Waals surface area contributed by atoms with Crippen LogP contribution in [-0.2, 0) is 4.79 Å². The van der Waals surface area contributed by atoms with Crippen molar-refractivity contribution in [1.82, 2.24) is 24.8 Å². The summed E-state index contributed by atoms with van der Waals surface area (Å²) in [6, 6.07) is 6.24. The van der Waals surface area contributed by atoms with Crippen molar-refractivity contribution in [1.29, 1.82) is 0 Å². The number of thiophene rings is 1. The highest BCUT2D eigenvalue weighted by molar-refractivity contribution is 7.13. The minimum atomic E-state index is -0.0553. The normalized spacial score (nSPS) is 17.3. The smallest absolute Gasteiger partial charge is 0.239 e. The summed E-state index contributed by atoms with van der Waals surface area (Å²) in [5.74, 6) is 1.06. The number of anilines is 1. The van der Waals surface area contributed by atoms with Gasteiger partial charge in [-0.15, -0.1) is 22.7 Å². The molecule has 0 spiro atoms. The topological polar surface area (TPSA) is 74.2 Å². The summed E-state index contributed by atoms with van der Waals surface area (Å²) in [5.41, 5.74) is 0.720. The Hall–Kier alpha value is -2.20. The van der Waals surface area contributed by atoms with Crippen LogP contribution in [0.2, 0.25) is 0 Å². The van der Waals surface area contributed by atoms with E-state index >= 15 is 0 Å². The van der Waals surface area contributed by atoms with Gasteiger partial charge in [0.25, 0.3) is 0 Å². The van der Waals surface area contributed by atoms with Crippen molar-refractivity contribution in [2.75, 3.05) is 39.0 Å². The van der Waals surface area contributed by atoms with Gasteiger partial charge in [0, 0.05) is 36.8 Å². The fourth-order valence-corrected chi connectivity index (χ4v) is 4.50. The number of nitrogens with zero attached hydrogens (tertiary/aromatic N) is 5. The molecular formula is C19H22N6OS2. The van der Waals surface area contributed by atoms with Crippen LogP contribution in [0.4, 0.5) is 5.82 Å². The molecule has 1 N–H and O–H groups in total. The molecule has 1 aliphatic rings. The number of hydrogen-bond donors (Lipinski definition) is 1. The quantitative estimate of drug-likeness (QED) is 0.669. The third-order valence-electron chi connectivity index (χ3n) is 4.73. The molecule has 1 aliphatic heterocycles. The Kier molecular flexibility index (Phi) is 5.77. The van der Waals surface area contributed by atoms with Gasteiger partial charge in [0.2, 0.25) is 5.91 Å². The summed E-state index contributed by atoms with van der Waals surface area (Å²) >= 11 is 3.09. The number of carbonyl (C=O) groups excluding carboxylic acids is 1. The lowest BCUT2D eigenvalue weighted by atomic mass is 10.2. The molecule has 1 amide bonds. The molecule has 1 atom stereocenters. The van der Waals surface area contributed by atoms with Gasteiger partial charge in [0.05, 0.1) is 11.4 Å². The number of nitrogens with one attached hydrogen (secondary N) is 1. The van der Waals surface area contributed by atoms with Gasteiger partial charge in [-0.1, -0.05) is 6.07 Å². The molecule has 1 fully saturated rings. The maximum atomic E-state index is 12.6. The first-order valence-corrected chi connectivity index (χ1v) is 10.9. The van der Waals surface area contributed by atoms with Crippen LogP contribution in [0.15, 0.2) is 35.2 Å². The first-order valence-electron chi connectivity index (χ1n) is 9.10. The van der Waals surface area contributed by atoms with E-state index in [0.717, 1.165) is 35.1 Å². The highest BCUT2D eigenvalue weighted by atomic mass is 32.1. The third-order valence-corrected chi connectivity index (χ3v) is 6.39. The van der Waals surface area contributed by atoms with E-state index in [2.05, 4.69) is 44.2 Å². The van der Waals surface area contributed by atoms with Gasteiger partial charge in [-0.05, 0) is 32.0 Å². The first-order chi connectivity index (χ1) is 13.6. The van der Waals surface area contributed by atoms with Gasteiger partial charge in [-0.2, -0.15) is 0 Å². The Morgan fingerprint density at radius 1 is 1.32 bits per heavy atom. The molecule has 146 valence electrons. The Labute approximate surface area is 172 Å². The minimum absolute atomic E-state index is 0.0553. The van der Waals surface area contributed by atoms with E-state index in [1.807, 2.05) is 22.9 Å². The average Bonchev–Trinajstić information content (AvgIpc) is 3.43. The van der Waals surface area contributed by atoms with E-state index in [4.69, 9.17) is 0 Å². The first kappa shape index (κ1) is 19.1. The van der Waals surface area contributed by atoms with Crippen molar-refractivity contribution < 1.29 is 4.79 Å². The lowest BCUT2D eigenvalue weighted by molar-refractivity contribution is -0.117. The van der Waals surface area contributed by atoms with Crippen molar-refractivity contribution in [3.05, 3.63) is 35.2 Å². The van der Waals surface area contributed by atoms with Gasteiger partial charge >= 0.3 is 0 Å².